The van der Waals surface area contributed by atoms with Gasteiger partial charge in [-0.2, -0.15) is 0 Å². The summed E-state index contributed by atoms with van der Waals surface area (Å²) in [4.78, 5) is 4.39. The van der Waals surface area contributed by atoms with Crippen LogP contribution < -0.4 is 5.32 Å². The van der Waals surface area contributed by atoms with Crippen LogP contribution in [0.1, 0.15) is 11.1 Å². The molecular weight excluding hydrogens is 312 g/mol. The molecule has 1 aromatic heterocycles. The third kappa shape index (κ3) is 2.68. The Kier molecular flexibility index (Phi) is 3.70. The minimum atomic E-state index is 0.790. The highest BCUT2D eigenvalue weighted by molar-refractivity contribution is 9.10. The van der Waals surface area contributed by atoms with Crippen molar-refractivity contribution in [3.63, 3.8) is 0 Å². The SMILES string of the molecule is Cc1ccc(NCc2ccnc3ccccc23)cc1Br. The lowest BCUT2D eigenvalue weighted by Gasteiger charge is -2.10. The van der Waals surface area contributed by atoms with Gasteiger partial charge in [-0.15, -0.1) is 0 Å². The third-order valence-corrected chi connectivity index (χ3v) is 4.25. The van der Waals surface area contributed by atoms with Crippen molar-refractivity contribution in [1.29, 1.82) is 0 Å². The monoisotopic (exact) mass is 326 g/mol. The van der Waals surface area contributed by atoms with Gasteiger partial charge in [-0.1, -0.05) is 40.2 Å². The van der Waals surface area contributed by atoms with Crippen molar-refractivity contribution in [3.05, 3.63) is 70.3 Å². The maximum absolute atomic E-state index is 4.39. The Morgan fingerprint density at radius 1 is 1.10 bits per heavy atom. The molecule has 100 valence electrons. The number of para-hydroxylation sites is 1. The smallest absolute Gasteiger partial charge is 0.0705 e. The van der Waals surface area contributed by atoms with E-state index in [-0.39, 0.29) is 0 Å². The third-order valence-electron chi connectivity index (χ3n) is 3.39. The summed E-state index contributed by atoms with van der Waals surface area (Å²) in [6.07, 6.45) is 1.87. The Labute approximate surface area is 127 Å². The summed E-state index contributed by atoms with van der Waals surface area (Å²) in [6, 6.07) is 16.6. The molecule has 1 heterocycles. The summed E-state index contributed by atoms with van der Waals surface area (Å²) in [5.41, 5.74) is 4.65. The van der Waals surface area contributed by atoms with Gasteiger partial charge in [0.2, 0.25) is 0 Å². The van der Waals surface area contributed by atoms with Crippen LogP contribution in [0.4, 0.5) is 5.69 Å². The standard InChI is InChI=1S/C17H15BrN2/c1-12-6-7-14(10-16(12)18)20-11-13-8-9-19-17-5-3-2-4-15(13)17/h2-10,20H,11H2,1H3. The zero-order chi connectivity index (χ0) is 13.9. The van der Waals surface area contributed by atoms with Gasteiger partial charge in [0.05, 0.1) is 5.52 Å². The number of anilines is 1. The van der Waals surface area contributed by atoms with E-state index in [9.17, 15) is 0 Å². The summed E-state index contributed by atoms with van der Waals surface area (Å²) in [5.74, 6) is 0. The molecule has 2 aromatic carbocycles. The molecule has 2 nitrogen and oxygen atoms in total. The van der Waals surface area contributed by atoms with Crippen LogP contribution in [-0.4, -0.2) is 4.98 Å². The number of hydrogen-bond acceptors (Lipinski definition) is 2. The molecule has 0 spiro atoms. The van der Waals surface area contributed by atoms with Crippen LogP contribution in [-0.2, 0) is 6.54 Å². The number of pyridine rings is 1. The van der Waals surface area contributed by atoms with Gasteiger partial charge in [-0.25, -0.2) is 0 Å². The summed E-state index contributed by atoms with van der Waals surface area (Å²) >= 11 is 3.56. The highest BCUT2D eigenvalue weighted by Gasteiger charge is 2.02. The van der Waals surface area contributed by atoms with E-state index in [4.69, 9.17) is 0 Å². The van der Waals surface area contributed by atoms with Crippen molar-refractivity contribution in [2.75, 3.05) is 5.32 Å². The first-order valence-corrected chi connectivity index (χ1v) is 7.36. The summed E-state index contributed by atoms with van der Waals surface area (Å²) in [7, 11) is 0. The summed E-state index contributed by atoms with van der Waals surface area (Å²) in [6.45, 7) is 2.88. The van der Waals surface area contributed by atoms with Gasteiger partial charge in [0.25, 0.3) is 0 Å². The van der Waals surface area contributed by atoms with E-state index in [0.29, 0.717) is 0 Å². The second kappa shape index (κ2) is 5.63. The highest BCUT2D eigenvalue weighted by atomic mass is 79.9. The zero-order valence-electron chi connectivity index (χ0n) is 11.2. The molecule has 0 amide bonds. The normalized spacial score (nSPS) is 10.7. The van der Waals surface area contributed by atoms with E-state index in [1.165, 1.54) is 16.5 Å². The Bertz CT molecular complexity index is 748. The van der Waals surface area contributed by atoms with Crippen molar-refractivity contribution in [2.45, 2.75) is 13.5 Å². The molecule has 3 aromatic rings. The quantitative estimate of drug-likeness (QED) is 0.739. The largest absolute Gasteiger partial charge is 0.381 e. The van der Waals surface area contributed by atoms with Crippen LogP contribution in [0.5, 0.6) is 0 Å². The van der Waals surface area contributed by atoms with Crippen LogP contribution in [0.15, 0.2) is 59.2 Å². The average Bonchev–Trinajstić information content (AvgIpc) is 2.48. The van der Waals surface area contributed by atoms with Crippen molar-refractivity contribution in [1.82, 2.24) is 4.98 Å². The molecule has 0 saturated carbocycles. The lowest BCUT2D eigenvalue weighted by atomic mass is 10.1. The van der Waals surface area contributed by atoms with Gasteiger partial charge < -0.3 is 5.32 Å². The van der Waals surface area contributed by atoms with E-state index >= 15 is 0 Å². The minimum Gasteiger partial charge on any atom is -0.381 e. The first-order valence-electron chi connectivity index (χ1n) is 6.57. The molecule has 20 heavy (non-hydrogen) atoms. The lowest BCUT2D eigenvalue weighted by Crippen LogP contribution is -2.00. The van der Waals surface area contributed by atoms with Gasteiger partial charge in [-0.3, -0.25) is 4.98 Å². The zero-order valence-corrected chi connectivity index (χ0v) is 12.8. The number of rotatable bonds is 3. The minimum absolute atomic E-state index is 0.790. The van der Waals surface area contributed by atoms with Crippen molar-refractivity contribution >= 4 is 32.5 Å². The average molecular weight is 327 g/mol. The number of halogens is 1. The Hall–Kier alpha value is -1.87. The second-order valence-corrected chi connectivity index (χ2v) is 5.66. The summed E-state index contributed by atoms with van der Waals surface area (Å²) in [5, 5.41) is 4.67. The molecule has 0 aliphatic rings. The first kappa shape index (κ1) is 13.1. The molecule has 1 N–H and O–H groups in total. The van der Waals surface area contributed by atoms with E-state index in [0.717, 1.165) is 22.2 Å². The maximum Gasteiger partial charge on any atom is 0.0705 e. The number of hydrogen-bond donors (Lipinski definition) is 1. The number of nitrogens with one attached hydrogen (secondary N) is 1. The Morgan fingerprint density at radius 3 is 2.80 bits per heavy atom. The predicted octanol–water partition coefficient (Wildman–Crippen LogP) is 4.92. The molecule has 0 fully saturated rings. The van der Waals surface area contributed by atoms with Gasteiger partial charge in [0, 0.05) is 28.3 Å². The van der Waals surface area contributed by atoms with Gasteiger partial charge in [0.15, 0.2) is 0 Å². The van der Waals surface area contributed by atoms with Gasteiger partial charge in [-0.05, 0) is 42.3 Å². The fraction of sp³-hybridized carbons (Fsp3) is 0.118. The molecule has 0 radical (unpaired) electrons. The highest BCUT2D eigenvalue weighted by Crippen LogP contribution is 2.22. The van der Waals surface area contributed by atoms with Gasteiger partial charge >= 0.3 is 0 Å². The molecule has 0 unspecified atom stereocenters. The summed E-state index contributed by atoms with van der Waals surface area (Å²) < 4.78 is 1.13. The molecule has 0 saturated heterocycles. The number of fused-ring (bicyclic) bond motifs is 1. The number of aryl methyl sites for hydroxylation is 1. The number of aromatic nitrogens is 1. The van der Waals surface area contributed by atoms with E-state index in [2.05, 4.69) is 69.6 Å². The lowest BCUT2D eigenvalue weighted by molar-refractivity contribution is 1.15. The van der Waals surface area contributed by atoms with Crippen LogP contribution in [0.25, 0.3) is 10.9 Å². The van der Waals surface area contributed by atoms with Crippen molar-refractivity contribution in [2.24, 2.45) is 0 Å². The molecule has 0 aliphatic heterocycles. The fourth-order valence-corrected chi connectivity index (χ4v) is 2.59. The van der Waals surface area contributed by atoms with Crippen molar-refractivity contribution < 1.29 is 0 Å². The number of benzene rings is 2. The molecule has 0 atom stereocenters. The predicted molar refractivity (Wildman–Crippen MR) is 87.9 cm³/mol. The Balaban J connectivity index is 1.85. The van der Waals surface area contributed by atoms with Crippen LogP contribution in [0.2, 0.25) is 0 Å². The van der Waals surface area contributed by atoms with Gasteiger partial charge in [0.1, 0.15) is 0 Å². The Morgan fingerprint density at radius 2 is 1.95 bits per heavy atom. The van der Waals surface area contributed by atoms with E-state index in [1.54, 1.807) is 0 Å². The van der Waals surface area contributed by atoms with E-state index < -0.39 is 0 Å². The maximum atomic E-state index is 4.39. The molecular formula is C17H15BrN2. The molecule has 0 bridgehead atoms. The molecule has 0 aliphatic carbocycles. The number of nitrogens with zero attached hydrogens (tertiary/aromatic N) is 1. The fourth-order valence-electron chi connectivity index (χ4n) is 2.21. The van der Waals surface area contributed by atoms with Crippen LogP contribution in [0.3, 0.4) is 0 Å². The van der Waals surface area contributed by atoms with E-state index in [1.807, 2.05) is 18.3 Å². The van der Waals surface area contributed by atoms with Crippen LogP contribution in [0, 0.1) is 6.92 Å². The van der Waals surface area contributed by atoms with Crippen molar-refractivity contribution in [3.8, 4) is 0 Å². The topological polar surface area (TPSA) is 24.9 Å². The second-order valence-electron chi connectivity index (χ2n) is 4.80. The molecule has 3 heteroatoms. The first-order chi connectivity index (χ1) is 9.74. The van der Waals surface area contributed by atoms with Crippen LogP contribution >= 0.6 is 15.9 Å². The molecule has 3 rings (SSSR count).